The third-order valence-electron chi connectivity index (χ3n) is 3.23. The average Bonchev–Trinajstić information content (AvgIpc) is 2.48. The normalized spacial score (nSPS) is 13.5. The molecular weight excluding hydrogens is 344 g/mol. The van der Waals surface area contributed by atoms with Gasteiger partial charge in [-0.3, -0.25) is 9.59 Å². The largest absolute Gasteiger partial charge is 0.504 e. The summed E-state index contributed by atoms with van der Waals surface area (Å²) in [6, 6.07) is 1.32. The van der Waals surface area contributed by atoms with Crippen LogP contribution in [0.15, 0.2) is 18.2 Å². The Morgan fingerprint density at radius 1 is 1.19 bits per heavy atom. The number of ether oxygens (including phenoxy) is 1. The molecule has 1 aromatic carbocycles. The summed E-state index contributed by atoms with van der Waals surface area (Å²) in [5.74, 6) is -3.52. The fourth-order valence-corrected chi connectivity index (χ4v) is 2.05. The minimum absolute atomic E-state index is 0.128. The van der Waals surface area contributed by atoms with E-state index in [1.807, 2.05) is 0 Å². The van der Waals surface area contributed by atoms with Crippen LogP contribution in [0.1, 0.15) is 32.8 Å². The summed E-state index contributed by atoms with van der Waals surface area (Å²) in [4.78, 5) is 35.1. The molecule has 144 valence electrons. The molecule has 6 N–H and O–H groups in total. The van der Waals surface area contributed by atoms with Crippen molar-refractivity contribution in [3.8, 4) is 11.5 Å². The Hall–Kier alpha value is -2.81. The average molecular weight is 368 g/mol. The fourth-order valence-electron chi connectivity index (χ4n) is 2.05. The molecule has 0 aliphatic rings. The monoisotopic (exact) mass is 368 g/mol. The molecular formula is C17H24N2O7. The van der Waals surface area contributed by atoms with Crippen LogP contribution in [0, 0.1) is 0 Å². The zero-order valence-corrected chi connectivity index (χ0v) is 14.9. The number of hydrogen-bond donors (Lipinski definition) is 5. The number of benzene rings is 1. The number of esters is 1. The molecule has 9 nitrogen and oxygen atoms in total. The molecule has 0 aliphatic carbocycles. The second-order valence-electron chi connectivity index (χ2n) is 6.83. The van der Waals surface area contributed by atoms with Gasteiger partial charge < -0.3 is 31.1 Å². The van der Waals surface area contributed by atoms with Gasteiger partial charge in [-0.25, -0.2) is 4.79 Å². The molecule has 0 saturated heterocycles. The second-order valence-corrected chi connectivity index (χ2v) is 6.83. The molecule has 1 rings (SSSR count). The zero-order chi connectivity index (χ0) is 20.1. The highest BCUT2D eigenvalue weighted by Crippen LogP contribution is 2.25. The van der Waals surface area contributed by atoms with Crippen molar-refractivity contribution in [1.82, 2.24) is 5.32 Å². The number of amides is 1. The molecule has 1 amide bonds. The standard InChI is InChI=1S/C17H24N2O7/c1-17(2,3)26-16(25)10(18)8-14(22)19-11(15(23)24)6-9-4-5-12(20)13(21)7-9/h4-5,7,10-11,20-21H,6,8,18H2,1-3H3,(H,19,22)(H,23,24)/t10-,11-/m0/s1. The summed E-state index contributed by atoms with van der Waals surface area (Å²) in [5.41, 5.74) is 5.26. The molecule has 0 bridgehead atoms. The van der Waals surface area contributed by atoms with E-state index in [-0.39, 0.29) is 12.2 Å². The fraction of sp³-hybridized carbons (Fsp3) is 0.471. The van der Waals surface area contributed by atoms with E-state index in [0.29, 0.717) is 5.56 Å². The van der Waals surface area contributed by atoms with Gasteiger partial charge >= 0.3 is 11.9 Å². The van der Waals surface area contributed by atoms with Crippen molar-refractivity contribution in [1.29, 1.82) is 0 Å². The third-order valence-corrected chi connectivity index (χ3v) is 3.23. The topological polar surface area (TPSA) is 159 Å². The highest BCUT2D eigenvalue weighted by Gasteiger charge is 2.27. The molecule has 2 atom stereocenters. The highest BCUT2D eigenvalue weighted by atomic mass is 16.6. The lowest BCUT2D eigenvalue weighted by atomic mass is 10.0. The maximum absolute atomic E-state index is 12.0. The van der Waals surface area contributed by atoms with E-state index in [4.69, 9.17) is 10.5 Å². The lowest BCUT2D eigenvalue weighted by Crippen LogP contribution is -2.46. The van der Waals surface area contributed by atoms with Gasteiger partial charge in [-0.2, -0.15) is 0 Å². The number of nitrogens with one attached hydrogen (secondary N) is 1. The predicted molar refractivity (Wildman–Crippen MR) is 91.5 cm³/mol. The zero-order valence-electron chi connectivity index (χ0n) is 14.9. The summed E-state index contributed by atoms with van der Waals surface area (Å²) in [7, 11) is 0. The molecule has 0 saturated carbocycles. The maximum atomic E-state index is 12.0. The van der Waals surface area contributed by atoms with E-state index >= 15 is 0 Å². The van der Waals surface area contributed by atoms with Crippen LogP contribution in [-0.2, 0) is 25.5 Å². The number of rotatable bonds is 7. The Morgan fingerprint density at radius 2 is 1.81 bits per heavy atom. The van der Waals surface area contributed by atoms with Gasteiger partial charge in [-0.05, 0) is 38.5 Å². The van der Waals surface area contributed by atoms with Gasteiger partial charge in [0.05, 0.1) is 6.42 Å². The summed E-state index contributed by atoms with van der Waals surface area (Å²) in [6.45, 7) is 4.97. The molecule has 1 aromatic rings. The minimum Gasteiger partial charge on any atom is -0.504 e. The van der Waals surface area contributed by atoms with Crippen LogP contribution in [0.25, 0.3) is 0 Å². The maximum Gasteiger partial charge on any atom is 0.326 e. The van der Waals surface area contributed by atoms with E-state index < -0.39 is 47.7 Å². The Morgan fingerprint density at radius 3 is 2.31 bits per heavy atom. The number of aromatic hydroxyl groups is 2. The van der Waals surface area contributed by atoms with E-state index in [2.05, 4.69) is 5.32 Å². The van der Waals surface area contributed by atoms with Gasteiger partial charge in [-0.1, -0.05) is 6.07 Å². The number of carboxylic acids is 1. The van der Waals surface area contributed by atoms with E-state index in [1.165, 1.54) is 18.2 Å². The summed E-state index contributed by atoms with van der Waals surface area (Å²) in [6.07, 6.45) is -0.559. The van der Waals surface area contributed by atoms with Gasteiger partial charge in [-0.15, -0.1) is 0 Å². The minimum atomic E-state index is -1.29. The lowest BCUT2D eigenvalue weighted by Gasteiger charge is -2.22. The summed E-state index contributed by atoms with van der Waals surface area (Å²) in [5, 5.41) is 30.3. The van der Waals surface area contributed by atoms with Crippen molar-refractivity contribution in [3.05, 3.63) is 23.8 Å². The smallest absolute Gasteiger partial charge is 0.326 e. The molecule has 0 radical (unpaired) electrons. The molecule has 26 heavy (non-hydrogen) atoms. The Labute approximate surface area is 150 Å². The Balaban J connectivity index is 2.69. The van der Waals surface area contributed by atoms with Crippen molar-refractivity contribution < 1.29 is 34.4 Å². The molecule has 0 fully saturated rings. The number of nitrogens with two attached hydrogens (primary N) is 1. The van der Waals surface area contributed by atoms with Crippen LogP contribution in [0.5, 0.6) is 11.5 Å². The number of carbonyl (C=O) groups is 3. The van der Waals surface area contributed by atoms with Crippen LogP contribution >= 0.6 is 0 Å². The van der Waals surface area contributed by atoms with Gasteiger partial charge in [0.15, 0.2) is 11.5 Å². The van der Waals surface area contributed by atoms with Crippen LogP contribution in [0.2, 0.25) is 0 Å². The molecule has 0 spiro atoms. The van der Waals surface area contributed by atoms with Crippen molar-refractivity contribution in [2.75, 3.05) is 0 Å². The van der Waals surface area contributed by atoms with Crippen molar-refractivity contribution in [3.63, 3.8) is 0 Å². The molecule has 0 heterocycles. The van der Waals surface area contributed by atoms with Crippen LogP contribution < -0.4 is 11.1 Å². The quantitative estimate of drug-likeness (QED) is 0.339. The first-order chi connectivity index (χ1) is 11.9. The highest BCUT2D eigenvalue weighted by molar-refractivity contribution is 5.88. The van der Waals surface area contributed by atoms with E-state index in [0.717, 1.165) is 0 Å². The number of hydrogen-bond acceptors (Lipinski definition) is 7. The number of phenolic OH excluding ortho intramolecular Hbond substituents is 2. The first kappa shape index (κ1) is 21.2. The van der Waals surface area contributed by atoms with Crippen LogP contribution in [-0.4, -0.2) is 50.9 Å². The molecule has 0 unspecified atom stereocenters. The van der Waals surface area contributed by atoms with Crippen molar-refractivity contribution in [2.24, 2.45) is 5.73 Å². The van der Waals surface area contributed by atoms with Crippen LogP contribution in [0.4, 0.5) is 0 Å². The van der Waals surface area contributed by atoms with Gasteiger partial charge in [0, 0.05) is 6.42 Å². The first-order valence-electron chi connectivity index (χ1n) is 7.90. The van der Waals surface area contributed by atoms with E-state index in [9.17, 15) is 29.7 Å². The molecule has 9 heteroatoms. The van der Waals surface area contributed by atoms with Crippen LogP contribution in [0.3, 0.4) is 0 Å². The van der Waals surface area contributed by atoms with Crippen molar-refractivity contribution >= 4 is 17.8 Å². The lowest BCUT2D eigenvalue weighted by molar-refractivity contribution is -0.157. The third kappa shape index (κ3) is 6.98. The Kier molecular flexibility index (Phi) is 6.96. The number of carboxylic acid groups (broad SMARTS) is 1. The Bertz CT molecular complexity index is 682. The van der Waals surface area contributed by atoms with Gasteiger partial charge in [0.25, 0.3) is 0 Å². The second kappa shape index (κ2) is 8.52. The van der Waals surface area contributed by atoms with Crippen molar-refractivity contribution in [2.45, 2.75) is 51.3 Å². The first-order valence-corrected chi connectivity index (χ1v) is 7.90. The predicted octanol–water partition coefficient (Wildman–Crippen LogP) is 0.269. The molecule has 0 aromatic heterocycles. The van der Waals surface area contributed by atoms with Gasteiger partial charge in [0.2, 0.25) is 5.91 Å². The number of carbonyl (C=O) groups excluding carboxylic acids is 2. The summed E-state index contributed by atoms with van der Waals surface area (Å²) < 4.78 is 5.06. The summed E-state index contributed by atoms with van der Waals surface area (Å²) >= 11 is 0. The number of aliphatic carboxylic acids is 1. The molecule has 0 aliphatic heterocycles. The number of phenols is 2. The SMILES string of the molecule is CC(C)(C)OC(=O)[C@@H](N)CC(=O)N[C@@H](Cc1ccc(O)c(O)c1)C(=O)O. The van der Waals surface area contributed by atoms with E-state index in [1.54, 1.807) is 20.8 Å². The van der Waals surface area contributed by atoms with Gasteiger partial charge in [0.1, 0.15) is 17.7 Å².